The van der Waals surface area contributed by atoms with E-state index in [-0.39, 0.29) is 0 Å². The Morgan fingerprint density at radius 2 is 0.958 bits per heavy atom. The zero-order valence-electron chi connectivity index (χ0n) is 14.2. The van der Waals surface area contributed by atoms with Gasteiger partial charge in [0.25, 0.3) is 0 Å². The van der Waals surface area contributed by atoms with E-state index in [9.17, 15) is 0 Å². The molecule has 0 aliphatic rings. The summed E-state index contributed by atoms with van der Waals surface area (Å²) < 4.78 is 0. The molecule has 124 valence electrons. The molecule has 3 aromatic rings. The Labute approximate surface area is 146 Å². The van der Waals surface area contributed by atoms with Gasteiger partial charge in [-0.15, -0.1) is 0 Å². The van der Waals surface area contributed by atoms with Gasteiger partial charge in [0.15, 0.2) is 0 Å². The highest BCUT2D eigenvalue weighted by Gasteiger charge is 2.14. The van der Waals surface area contributed by atoms with Crippen LogP contribution in [0, 0.1) is 0 Å². The van der Waals surface area contributed by atoms with Crippen molar-refractivity contribution >= 4 is 23.8 Å². The number of aliphatic hydroxyl groups is 1. The highest BCUT2D eigenvalue weighted by Crippen LogP contribution is 2.32. The summed E-state index contributed by atoms with van der Waals surface area (Å²) in [6.45, 7) is 2.40. The molecule has 0 aliphatic carbocycles. The molecule has 0 fully saturated rings. The smallest absolute Gasteiger partial charge is 0.0430 e. The Hall–Kier alpha value is -1.95. The van der Waals surface area contributed by atoms with Gasteiger partial charge in [0, 0.05) is 6.61 Å². The van der Waals surface area contributed by atoms with Crippen molar-refractivity contribution in [1.82, 2.24) is 0 Å². The lowest BCUT2D eigenvalue weighted by molar-refractivity contribution is 0.287. The Bertz CT molecular complexity index is 572. The first-order valence-corrected chi connectivity index (χ1v) is 9.77. The average molecular weight is 336 g/mol. The highest BCUT2D eigenvalue weighted by molar-refractivity contribution is 7.79. The number of hydrogen-bond donors (Lipinski definition) is 1. The quantitative estimate of drug-likeness (QED) is 0.692. The minimum Gasteiger partial charge on any atom is -0.396 e. The molecule has 0 unspecified atom stereocenters. The Balaban J connectivity index is 0.000000368. The van der Waals surface area contributed by atoms with Crippen LogP contribution in [0.25, 0.3) is 0 Å². The normalized spacial score (nSPS) is 10.1. The molecule has 0 aliphatic heterocycles. The summed E-state index contributed by atoms with van der Waals surface area (Å²) in [7, 11) is -0.446. The molecule has 0 bridgehead atoms. The maximum absolute atomic E-state index is 8.07. The predicted octanol–water partition coefficient (Wildman–Crippen LogP) is 4.22. The van der Waals surface area contributed by atoms with Crippen molar-refractivity contribution in [1.29, 1.82) is 0 Å². The minimum atomic E-state index is -0.446. The standard InChI is InChI=1S/C18H15P.C4H10O/c1-4-10-16(11-5-1)19(17-12-6-2-7-13-17)18-14-8-3-9-15-18;1-2-3-4-5/h1-15H;5H,2-4H2,1H3. The van der Waals surface area contributed by atoms with Crippen LogP contribution >= 0.6 is 7.92 Å². The van der Waals surface area contributed by atoms with Crippen molar-refractivity contribution in [3.05, 3.63) is 91.0 Å². The topological polar surface area (TPSA) is 20.2 Å². The number of rotatable bonds is 5. The molecule has 0 heterocycles. The first-order valence-electron chi connectivity index (χ1n) is 8.43. The lowest BCUT2D eigenvalue weighted by atomic mass is 10.4. The fourth-order valence-corrected chi connectivity index (χ4v) is 4.64. The third-order valence-electron chi connectivity index (χ3n) is 3.55. The second kappa shape index (κ2) is 10.8. The van der Waals surface area contributed by atoms with Gasteiger partial charge in [0.1, 0.15) is 0 Å². The van der Waals surface area contributed by atoms with Crippen LogP contribution in [0.4, 0.5) is 0 Å². The number of benzene rings is 3. The average Bonchev–Trinajstić information content (AvgIpc) is 2.66. The van der Waals surface area contributed by atoms with Gasteiger partial charge < -0.3 is 5.11 Å². The molecule has 1 nitrogen and oxygen atoms in total. The van der Waals surface area contributed by atoms with E-state index in [1.165, 1.54) is 15.9 Å². The van der Waals surface area contributed by atoms with Crippen molar-refractivity contribution in [3.8, 4) is 0 Å². The Kier molecular flexibility index (Phi) is 8.24. The molecule has 0 amide bonds. The van der Waals surface area contributed by atoms with Crippen molar-refractivity contribution in [2.45, 2.75) is 19.8 Å². The Morgan fingerprint density at radius 1 is 0.625 bits per heavy atom. The summed E-state index contributed by atoms with van der Waals surface area (Å²) in [4.78, 5) is 0. The van der Waals surface area contributed by atoms with Crippen LogP contribution < -0.4 is 15.9 Å². The summed E-state index contributed by atoms with van der Waals surface area (Å²) >= 11 is 0. The van der Waals surface area contributed by atoms with Gasteiger partial charge >= 0.3 is 0 Å². The molecule has 0 atom stereocenters. The second-order valence-corrected chi connectivity index (χ2v) is 7.64. The maximum atomic E-state index is 8.07. The Morgan fingerprint density at radius 3 is 1.17 bits per heavy atom. The molecule has 2 heteroatoms. The highest BCUT2D eigenvalue weighted by atomic mass is 31.1. The summed E-state index contributed by atoms with van der Waals surface area (Å²) in [5, 5.41) is 12.3. The zero-order chi connectivity index (χ0) is 17.0. The zero-order valence-corrected chi connectivity index (χ0v) is 15.1. The fourth-order valence-electron chi connectivity index (χ4n) is 2.34. The van der Waals surface area contributed by atoms with Gasteiger partial charge in [0.05, 0.1) is 0 Å². The van der Waals surface area contributed by atoms with Crippen LogP contribution in [-0.2, 0) is 0 Å². The molecule has 3 aromatic carbocycles. The number of hydrogen-bond acceptors (Lipinski definition) is 1. The van der Waals surface area contributed by atoms with E-state index in [2.05, 4.69) is 97.9 Å². The van der Waals surface area contributed by atoms with E-state index in [4.69, 9.17) is 5.11 Å². The van der Waals surface area contributed by atoms with Gasteiger partial charge in [-0.1, -0.05) is 104 Å². The molecule has 3 rings (SSSR count). The molecule has 1 N–H and O–H groups in total. The second-order valence-electron chi connectivity index (χ2n) is 5.42. The SMILES string of the molecule is CCCCO.c1ccc(P(c2ccccc2)c2ccccc2)cc1. The van der Waals surface area contributed by atoms with Crippen LogP contribution in [0.3, 0.4) is 0 Å². The lowest BCUT2D eigenvalue weighted by Gasteiger charge is -2.18. The van der Waals surface area contributed by atoms with Crippen LogP contribution in [-0.4, -0.2) is 11.7 Å². The van der Waals surface area contributed by atoms with E-state index in [0.717, 1.165) is 12.8 Å². The van der Waals surface area contributed by atoms with E-state index in [1.54, 1.807) is 0 Å². The summed E-state index contributed by atoms with van der Waals surface area (Å²) in [5.41, 5.74) is 0. The monoisotopic (exact) mass is 336 g/mol. The predicted molar refractivity (Wildman–Crippen MR) is 107 cm³/mol. The van der Waals surface area contributed by atoms with Crippen LogP contribution in [0.15, 0.2) is 91.0 Å². The third-order valence-corrected chi connectivity index (χ3v) is 6.00. The minimum absolute atomic E-state index is 0.344. The lowest BCUT2D eigenvalue weighted by Crippen LogP contribution is -2.20. The van der Waals surface area contributed by atoms with E-state index >= 15 is 0 Å². The molecule has 0 saturated carbocycles. The molecule has 24 heavy (non-hydrogen) atoms. The molecular weight excluding hydrogens is 311 g/mol. The molecule has 0 aromatic heterocycles. The molecule has 0 saturated heterocycles. The molecular formula is C22H25OP. The largest absolute Gasteiger partial charge is 0.396 e. The summed E-state index contributed by atoms with van der Waals surface area (Å²) in [6, 6.07) is 32.3. The van der Waals surface area contributed by atoms with Gasteiger partial charge in [-0.05, 0) is 30.3 Å². The van der Waals surface area contributed by atoms with Gasteiger partial charge in [-0.2, -0.15) is 0 Å². The number of aliphatic hydroxyl groups excluding tert-OH is 1. The van der Waals surface area contributed by atoms with Gasteiger partial charge in [-0.3, -0.25) is 0 Å². The summed E-state index contributed by atoms with van der Waals surface area (Å²) in [5.74, 6) is 0. The van der Waals surface area contributed by atoms with Crippen LogP contribution in [0.5, 0.6) is 0 Å². The first kappa shape index (κ1) is 18.4. The summed E-state index contributed by atoms with van der Waals surface area (Å²) in [6.07, 6.45) is 2.04. The van der Waals surface area contributed by atoms with E-state index in [0.29, 0.717) is 6.61 Å². The van der Waals surface area contributed by atoms with Crippen molar-refractivity contribution < 1.29 is 5.11 Å². The van der Waals surface area contributed by atoms with E-state index < -0.39 is 7.92 Å². The van der Waals surface area contributed by atoms with Crippen molar-refractivity contribution in [2.24, 2.45) is 0 Å². The van der Waals surface area contributed by atoms with Crippen LogP contribution in [0.2, 0.25) is 0 Å². The fraction of sp³-hybridized carbons (Fsp3) is 0.182. The van der Waals surface area contributed by atoms with Gasteiger partial charge in [-0.25, -0.2) is 0 Å². The maximum Gasteiger partial charge on any atom is 0.0430 e. The number of unbranched alkanes of at least 4 members (excludes halogenated alkanes) is 1. The van der Waals surface area contributed by atoms with Crippen molar-refractivity contribution in [2.75, 3.05) is 6.61 Å². The van der Waals surface area contributed by atoms with Crippen LogP contribution in [0.1, 0.15) is 19.8 Å². The van der Waals surface area contributed by atoms with Gasteiger partial charge in [0.2, 0.25) is 0 Å². The van der Waals surface area contributed by atoms with Crippen molar-refractivity contribution in [3.63, 3.8) is 0 Å². The third kappa shape index (κ3) is 5.60. The van der Waals surface area contributed by atoms with E-state index in [1.807, 2.05) is 0 Å². The molecule has 0 radical (unpaired) electrons. The molecule has 0 spiro atoms. The first-order chi connectivity index (χ1) is 11.9.